The van der Waals surface area contributed by atoms with Crippen molar-refractivity contribution in [2.75, 3.05) is 0 Å². The molecule has 11 nitrogen and oxygen atoms in total. The molecule has 2 atom stereocenters. The molecule has 1 saturated heterocycles. The van der Waals surface area contributed by atoms with Gasteiger partial charge in [0.15, 0.2) is 11.9 Å². The second kappa shape index (κ2) is 10.6. The van der Waals surface area contributed by atoms with E-state index in [-0.39, 0.29) is 12.8 Å². The number of carbonyl (C=O) groups is 6. The van der Waals surface area contributed by atoms with E-state index in [2.05, 4.69) is 0 Å². The van der Waals surface area contributed by atoms with Crippen LogP contribution in [-0.4, -0.2) is 58.1 Å². The molecule has 1 aliphatic heterocycles. The molecule has 11 heteroatoms. The Bertz CT molecular complexity index is 758. The normalized spacial score (nSPS) is 16.3. The van der Waals surface area contributed by atoms with Crippen LogP contribution < -0.4 is 0 Å². The van der Waals surface area contributed by atoms with Crippen molar-refractivity contribution >= 4 is 35.7 Å². The lowest BCUT2D eigenvalue weighted by Gasteiger charge is -2.24. The summed E-state index contributed by atoms with van der Waals surface area (Å²) in [5.41, 5.74) is -1.73. The second-order valence-electron chi connectivity index (χ2n) is 9.37. The molecule has 32 heavy (non-hydrogen) atoms. The lowest BCUT2D eigenvalue weighted by Crippen LogP contribution is -2.37. The molecule has 0 unspecified atom stereocenters. The molecule has 0 radical (unpaired) electrons. The zero-order valence-corrected chi connectivity index (χ0v) is 19.5. The van der Waals surface area contributed by atoms with Gasteiger partial charge in [-0.1, -0.05) is 0 Å². The molecule has 0 bridgehead atoms. The van der Waals surface area contributed by atoms with Crippen LogP contribution in [0.15, 0.2) is 0 Å². The lowest BCUT2D eigenvalue weighted by atomic mass is 9.96. The molecule has 180 valence electrons. The largest absolute Gasteiger partial charge is 0.509 e. The van der Waals surface area contributed by atoms with Crippen LogP contribution in [0.2, 0.25) is 0 Å². The van der Waals surface area contributed by atoms with Crippen molar-refractivity contribution in [2.24, 2.45) is 5.92 Å². The summed E-state index contributed by atoms with van der Waals surface area (Å²) in [5.74, 6) is -5.20. The number of ketones is 1. The zero-order valence-electron chi connectivity index (χ0n) is 19.5. The van der Waals surface area contributed by atoms with E-state index in [0.717, 1.165) is 0 Å². The predicted octanol–water partition coefficient (Wildman–Crippen LogP) is 2.24. The maximum atomic E-state index is 12.6. The van der Waals surface area contributed by atoms with Gasteiger partial charge in [-0.3, -0.25) is 19.2 Å². The fraction of sp³-hybridized carbons (Fsp3) is 0.714. The van der Waals surface area contributed by atoms with Crippen LogP contribution >= 0.6 is 0 Å². The Balaban J connectivity index is 2.84. The van der Waals surface area contributed by atoms with Gasteiger partial charge in [-0.2, -0.15) is 0 Å². The minimum Gasteiger partial charge on any atom is -0.460 e. The molecule has 0 aliphatic carbocycles. The van der Waals surface area contributed by atoms with Crippen LogP contribution in [0, 0.1) is 5.92 Å². The number of carbonyl (C=O) groups excluding carboxylic acids is 6. The first-order chi connectivity index (χ1) is 14.5. The van der Waals surface area contributed by atoms with Gasteiger partial charge in [0, 0.05) is 19.3 Å². The Morgan fingerprint density at radius 1 is 0.875 bits per heavy atom. The van der Waals surface area contributed by atoms with Crippen LogP contribution in [0.25, 0.3) is 0 Å². The summed E-state index contributed by atoms with van der Waals surface area (Å²) in [6.45, 7) is 11.0. The predicted molar refractivity (Wildman–Crippen MR) is 108 cm³/mol. The number of Topliss-reactive ketones (excluding diaryl/α,β-unsaturated/α-hetero) is 1. The van der Waals surface area contributed by atoms with Crippen LogP contribution in [0.1, 0.15) is 74.1 Å². The summed E-state index contributed by atoms with van der Waals surface area (Å²) in [6.07, 6.45) is -3.61. The number of rotatable bonds is 8. The van der Waals surface area contributed by atoms with Gasteiger partial charge >= 0.3 is 18.1 Å². The Morgan fingerprint density at radius 2 is 1.38 bits per heavy atom. The highest BCUT2D eigenvalue weighted by Crippen LogP contribution is 2.21. The van der Waals surface area contributed by atoms with Gasteiger partial charge in [0.1, 0.15) is 11.2 Å². The number of hydrogen-bond donors (Lipinski definition) is 0. The van der Waals surface area contributed by atoms with Crippen LogP contribution in [0.4, 0.5) is 4.79 Å². The van der Waals surface area contributed by atoms with E-state index in [1.165, 1.54) is 6.92 Å². The fourth-order valence-corrected chi connectivity index (χ4v) is 2.52. The van der Waals surface area contributed by atoms with Gasteiger partial charge in [-0.25, -0.2) is 9.59 Å². The van der Waals surface area contributed by atoms with E-state index in [1.807, 2.05) is 0 Å². The Kier molecular flexibility index (Phi) is 8.93. The highest BCUT2D eigenvalue weighted by atomic mass is 16.7. The number of nitrogens with zero attached hydrogens (tertiary/aromatic N) is 1. The van der Waals surface area contributed by atoms with Crippen molar-refractivity contribution in [3.63, 3.8) is 0 Å². The van der Waals surface area contributed by atoms with Crippen molar-refractivity contribution in [1.29, 1.82) is 0 Å². The third kappa shape index (κ3) is 9.44. The van der Waals surface area contributed by atoms with Crippen molar-refractivity contribution in [3.05, 3.63) is 0 Å². The average molecular weight is 457 g/mol. The summed E-state index contributed by atoms with van der Waals surface area (Å²) in [5, 5.41) is 0.352. The molecule has 0 N–H and O–H groups in total. The molecule has 0 aromatic heterocycles. The summed E-state index contributed by atoms with van der Waals surface area (Å²) >= 11 is 0. The van der Waals surface area contributed by atoms with E-state index >= 15 is 0 Å². The molecule has 1 rings (SSSR count). The second-order valence-corrected chi connectivity index (χ2v) is 9.37. The number of amides is 2. The van der Waals surface area contributed by atoms with E-state index in [1.54, 1.807) is 41.5 Å². The van der Waals surface area contributed by atoms with Gasteiger partial charge in [0.25, 0.3) is 11.8 Å². The fourth-order valence-electron chi connectivity index (χ4n) is 2.52. The maximum Gasteiger partial charge on any atom is 0.509 e. The van der Waals surface area contributed by atoms with Gasteiger partial charge < -0.3 is 19.0 Å². The number of hydroxylamine groups is 2. The highest BCUT2D eigenvalue weighted by molar-refractivity contribution is 6.01. The van der Waals surface area contributed by atoms with E-state index in [0.29, 0.717) is 5.06 Å². The zero-order chi connectivity index (χ0) is 24.9. The van der Waals surface area contributed by atoms with Crippen molar-refractivity contribution in [2.45, 2.75) is 91.5 Å². The topological polar surface area (TPSA) is 143 Å². The monoisotopic (exact) mass is 457 g/mol. The quantitative estimate of drug-likeness (QED) is 0.393. The molecule has 0 aromatic carbocycles. The smallest absolute Gasteiger partial charge is 0.460 e. The molecule has 0 spiro atoms. The van der Waals surface area contributed by atoms with Crippen molar-refractivity contribution in [1.82, 2.24) is 5.06 Å². The van der Waals surface area contributed by atoms with E-state index in [4.69, 9.17) is 19.0 Å². The van der Waals surface area contributed by atoms with Gasteiger partial charge in [-0.15, -0.1) is 5.06 Å². The first-order valence-electron chi connectivity index (χ1n) is 10.2. The first-order valence-corrected chi connectivity index (χ1v) is 10.2. The molecular formula is C21H31NO10. The summed E-state index contributed by atoms with van der Waals surface area (Å²) in [6, 6.07) is 0. The number of ether oxygens (including phenoxy) is 3. The van der Waals surface area contributed by atoms with Crippen LogP contribution in [0.3, 0.4) is 0 Å². The van der Waals surface area contributed by atoms with Crippen molar-refractivity contribution in [3.8, 4) is 0 Å². The van der Waals surface area contributed by atoms with Crippen LogP contribution in [0.5, 0.6) is 0 Å². The minimum atomic E-state index is -1.29. The van der Waals surface area contributed by atoms with Gasteiger partial charge in [0.2, 0.25) is 0 Å². The average Bonchev–Trinajstić information content (AvgIpc) is 2.89. The number of imide groups is 1. The lowest BCUT2D eigenvalue weighted by molar-refractivity contribution is -0.199. The molecular weight excluding hydrogens is 426 g/mol. The first kappa shape index (κ1) is 27.1. The minimum absolute atomic E-state index is 0.0837. The summed E-state index contributed by atoms with van der Waals surface area (Å²) in [7, 11) is 0. The third-order valence-electron chi connectivity index (χ3n) is 3.92. The SMILES string of the molecule is C[C@H](OC(=O)OC(C)(C)C)C(=O)C[C@@H](CC(=O)ON1C(=O)CCC1=O)C(=O)OC(C)(C)C. The van der Waals surface area contributed by atoms with Gasteiger partial charge in [-0.05, 0) is 48.5 Å². The molecule has 1 heterocycles. The third-order valence-corrected chi connectivity index (χ3v) is 3.92. The van der Waals surface area contributed by atoms with Crippen molar-refractivity contribution < 1.29 is 47.8 Å². The van der Waals surface area contributed by atoms with Crippen LogP contribution in [-0.2, 0) is 43.0 Å². The van der Waals surface area contributed by atoms with E-state index < -0.39 is 71.8 Å². The standard InChI is InChI=1S/C21H31NO10/c1-12(29-19(28)31-21(5,6)7)14(23)10-13(18(27)30-20(2,3)4)11-17(26)32-22-15(24)8-9-16(22)25/h12-13H,8-11H2,1-7H3/t12-,13-/m0/s1. The molecule has 1 fully saturated rings. The summed E-state index contributed by atoms with van der Waals surface area (Å²) < 4.78 is 15.2. The maximum absolute atomic E-state index is 12.6. The summed E-state index contributed by atoms with van der Waals surface area (Å²) in [4.78, 5) is 77.2. The molecule has 0 aromatic rings. The number of esters is 1. The molecule has 2 amide bonds. The molecule has 0 saturated carbocycles. The highest BCUT2D eigenvalue weighted by Gasteiger charge is 2.36. The Hall–Kier alpha value is -2.98. The van der Waals surface area contributed by atoms with Gasteiger partial charge in [0.05, 0.1) is 12.3 Å². The number of hydrogen-bond acceptors (Lipinski definition) is 10. The Morgan fingerprint density at radius 3 is 1.84 bits per heavy atom. The molecule has 1 aliphatic rings. The Labute approximate surface area is 186 Å². The van der Waals surface area contributed by atoms with E-state index in [9.17, 15) is 28.8 Å².